The van der Waals surface area contributed by atoms with Crippen LogP contribution in [0.5, 0.6) is 0 Å². The molecule has 5 nitrogen and oxygen atoms in total. The summed E-state index contributed by atoms with van der Waals surface area (Å²) in [4.78, 5) is 0. The maximum absolute atomic E-state index is 12.1. The Morgan fingerprint density at radius 1 is 1.26 bits per heavy atom. The Bertz CT molecular complexity index is 341. The summed E-state index contributed by atoms with van der Waals surface area (Å²) in [5.41, 5.74) is 0. The largest absolute Gasteiger partial charge is 0.320 e. The van der Waals surface area contributed by atoms with Crippen LogP contribution in [0.4, 0.5) is 0 Å². The first-order valence-corrected chi connectivity index (χ1v) is 9.63. The van der Waals surface area contributed by atoms with Gasteiger partial charge in [0.05, 0.1) is 0 Å². The summed E-state index contributed by atoms with van der Waals surface area (Å²) < 4.78 is 28.5. The minimum absolute atomic E-state index is 0.111. The van der Waals surface area contributed by atoms with Crippen LogP contribution in [-0.4, -0.2) is 57.5 Å². The van der Waals surface area contributed by atoms with Crippen LogP contribution >= 0.6 is 11.8 Å². The molecule has 0 atom stereocenters. The zero-order valence-corrected chi connectivity index (χ0v) is 13.8. The number of rotatable bonds is 8. The molecule has 2 N–H and O–H groups in total. The lowest BCUT2D eigenvalue weighted by Crippen LogP contribution is -2.45. The van der Waals surface area contributed by atoms with Crippen molar-refractivity contribution in [2.24, 2.45) is 0 Å². The molecule has 0 aliphatic heterocycles. The van der Waals surface area contributed by atoms with Crippen LogP contribution in [0.2, 0.25) is 0 Å². The van der Waals surface area contributed by atoms with Crippen LogP contribution in [0.25, 0.3) is 0 Å². The number of nitrogens with zero attached hydrogens (tertiary/aromatic N) is 1. The Labute approximate surface area is 122 Å². The van der Waals surface area contributed by atoms with Gasteiger partial charge in [0, 0.05) is 24.9 Å². The van der Waals surface area contributed by atoms with E-state index in [1.165, 1.54) is 4.31 Å². The Balaban J connectivity index is 2.37. The lowest BCUT2D eigenvalue weighted by atomic mass is 9.96. The molecular formula is C12H27N3O2S2. The van der Waals surface area contributed by atoms with E-state index in [1.54, 1.807) is 7.05 Å². The lowest BCUT2D eigenvalue weighted by molar-refractivity contribution is 0.394. The minimum atomic E-state index is -3.32. The molecule has 19 heavy (non-hydrogen) atoms. The summed E-state index contributed by atoms with van der Waals surface area (Å²) in [6.45, 7) is 1.38. The Hall–Kier alpha value is 0.180. The van der Waals surface area contributed by atoms with Crippen molar-refractivity contribution in [2.45, 2.75) is 43.4 Å². The van der Waals surface area contributed by atoms with Gasteiger partial charge in [-0.15, -0.1) is 0 Å². The first-order chi connectivity index (χ1) is 8.99. The molecule has 0 aromatic carbocycles. The van der Waals surface area contributed by atoms with Crippen molar-refractivity contribution in [3.05, 3.63) is 0 Å². The molecule has 0 saturated heterocycles. The van der Waals surface area contributed by atoms with E-state index in [1.807, 2.05) is 18.8 Å². The smallest absolute Gasteiger partial charge is 0.279 e. The molecule has 1 fully saturated rings. The molecular weight excluding hydrogens is 282 g/mol. The molecule has 0 spiro atoms. The van der Waals surface area contributed by atoms with E-state index < -0.39 is 10.2 Å². The van der Waals surface area contributed by atoms with Crippen molar-refractivity contribution in [3.8, 4) is 0 Å². The SMILES string of the molecule is CNCCCN(C)S(=O)(=O)NC1CCC(SC)CC1. The van der Waals surface area contributed by atoms with Gasteiger partial charge >= 0.3 is 0 Å². The molecule has 1 aliphatic rings. The lowest BCUT2D eigenvalue weighted by Gasteiger charge is -2.29. The highest BCUT2D eigenvalue weighted by molar-refractivity contribution is 7.99. The highest BCUT2D eigenvalue weighted by Gasteiger charge is 2.26. The van der Waals surface area contributed by atoms with Gasteiger partial charge in [-0.3, -0.25) is 0 Å². The molecule has 0 amide bonds. The standard InChI is InChI=1S/C12H27N3O2S2/c1-13-9-4-10-15(2)19(16,17)14-11-5-7-12(18-3)8-6-11/h11-14H,4-10H2,1-3H3. The summed E-state index contributed by atoms with van der Waals surface area (Å²) in [6.07, 6.45) is 7.08. The van der Waals surface area contributed by atoms with E-state index in [0.29, 0.717) is 11.8 Å². The molecule has 7 heteroatoms. The predicted octanol–water partition coefficient (Wildman–Crippen LogP) is 1.04. The van der Waals surface area contributed by atoms with E-state index in [-0.39, 0.29) is 6.04 Å². The van der Waals surface area contributed by atoms with Crippen molar-refractivity contribution in [3.63, 3.8) is 0 Å². The summed E-state index contributed by atoms with van der Waals surface area (Å²) in [5.74, 6) is 0. The van der Waals surface area contributed by atoms with Gasteiger partial charge in [-0.2, -0.15) is 29.2 Å². The van der Waals surface area contributed by atoms with Crippen molar-refractivity contribution >= 4 is 22.0 Å². The van der Waals surface area contributed by atoms with Crippen molar-refractivity contribution in [1.82, 2.24) is 14.3 Å². The molecule has 1 aliphatic carbocycles. The maximum atomic E-state index is 12.1. The Morgan fingerprint density at radius 2 is 1.89 bits per heavy atom. The van der Waals surface area contributed by atoms with Crippen LogP contribution in [-0.2, 0) is 10.2 Å². The second-order valence-electron chi connectivity index (χ2n) is 5.11. The Morgan fingerprint density at radius 3 is 2.42 bits per heavy atom. The number of nitrogens with one attached hydrogen (secondary N) is 2. The first-order valence-electron chi connectivity index (χ1n) is 6.90. The van der Waals surface area contributed by atoms with Gasteiger partial charge in [-0.1, -0.05) is 0 Å². The third-order valence-electron chi connectivity index (χ3n) is 3.63. The van der Waals surface area contributed by atoms with Gasteiger partial charge in [0.15, 0.2) is 0 Å². The predicted molar refractivity (Wildman–Crippen MR) is 82.8 cm³/mol. The summed E-state index contributed by atoms with van der Waals surface area (Å²) >= 11 is 1.89. The van der Waals surface area contributed by atoms with Crippen LogP contribution in [0.3, 0.4) is 0 Å². The zero-order valence-electron chi connectivity index (χ0n) is 12.2. The van der Waals surface area contributed by atoms with Crippen LogP contribution < -0.4 is 10.0 Å². The third-order valence-corrected chi connectivity index (χ3v) is 6.41. The third kappa shape index (κ3) is 5.99. The highest BCUT2D eigenvalue weighted by atomic mass is 32.2. The van der Waals surface area contributed by atoms with Gasteiger partial charge in [-0.05, 0) is 52.0 Å². The van der Waals surface area contributed by atoms with Crippen LogP contribution in [0.15, 0.2) is 0 Å². The van der Waals surface area contributed by atoms with Crippen molar-refractivity contribution in [2.75, 3.05) is 33.4 Å². The molecule has 0 heterocycles. The maximum Gasteiger partial charge on any atom is 0.279 e. The molecule has 1 rings (SSSR count). The van der Waals surface area contributed by atoms with E-state index in [4.69, 9.17) is 0 Å². The van der Waals surface area contributed by atoms with Gasteiger partial charge in [0.25, 0.3) is 10.2 Å². The van der Waals surface area contributed by atoms with Crippen molar-refractivity contribution in [1.29, 1.82) is 0 Å². The fraction of sp³-hybridized carbons (Fsp3) is 1.00. The highest BCUT2D eigenvalue weighted by Crippen LogP contribution is 2.27. The molecule has 0 aromatic heterocycles. The molecule has 1 saturated carbocycles. The normalized spacial score (nSPS) is 24.8. The summed E-state index contributed by atoms with van der Waals surface area (Å²) in [6, 6.07) is 0.111. The molecule has 114 valence electrons. The molecule has 0 radical (unpaired) electrons. The average Bonchev–Trinajstić information content (AvgIpc) is 2.39. The average molecular weight is 310 g/mol. The topological polar surface area (TPSA) is 61.4 Å². The van der Waals surface area contributed by atoms with E-state index in [0.717, 1.165) is 38.6 Å². The first kappa shape index (κ1) is 17.2. The second-order valence-corrected chi connectivity index (χ2v) is 8.06. The minimum Gasteiger partial charge on any atom is -0.320 e. The number of thioether (sulfide) groups is 1. The quantitative estimate of drug-likeness (QED) is 0.658. The molecule has 0 unspecified atom stereocenters. The van der Waals surface area contributed by atoms with E-state index in [9.17, 15) is 8.42 Å². The van der Waals surface area contributed by atoms with Crippen LogP contribution in [0, 0.1) is 0 Å². The summed E-state index contributed by atoms with van der Waals surface area (Å²) in [5, 5.41) is 3.73. The van der Waals surface area contributed by atoms with Gasteiger partial charge in [0.2, 0.25) is 0 Å². The number of hydrogen-bond donors (Lipinski definition) is 2. The van der Waals surface area contributed by atoms with Gasteiger partial charge < -0.3 is 5.32 Å². The fourth-order valence-corrected chi connectivity index (χ4v) is 4.27. The molecule has 0 aromatic rings. The summed E-state index contributed by atoms with van der Waals surface area (Å²) in [7, 11) is 0.201. The van der Waals surface area contributed by atoms with Gasteiger partial charge in [-0.25, -0.2) is 0 Å². The van der Waals surface area contributed by atoms with E-state index >= 15 is 0 Å². The fourth-order valence-electron chi connectivity index (χ4n) is 2.32. The second kappa shape index (κ2) is 8.46. The monoisotopic (exact) mass is 309 g/mol. The van der Waals surface area contributed by atoms with Crippen molar-refractivity contribution < 1.29 is 8.42 Å². The zero-order chi connectivity index (χ0) is 14.3. The Kier molecular flexibility index (Phi) is 7.68. The van der Waals surface area contributed by atoms with Crippen LogP contribution in [0.1, 0.15) is 32.1 Å². The molecule has 0 bridgehead atoms. The van der Waals surface area contributed by atoms with Gasteiger partial charge in [0.1, 0.15) is 0 Å². The number of hydrogen-bond acceptors (Lipinski definition) is 4. The van der Waals surface area contributed by atoms with E-state index in [2.05, 4.69) is 16.3 Å².